The molecule has 5 heteroatoms. The topological polar surface area (TPSA) is 42.4 Å². The van der Waals surface area contributed by atoms with Crippen LogP contribution in [0.15, 0.2) is 66.9 Å². The van der Waals surface area contributed by atoms with Crippen molar-refractivity contribution in [3.63, 3.8) is 0 Å². The number of aromatic nitrogens is 1. The summed E-state index contributed by atoms with van der Waals surface area (Å²) in [7, 11) is -2.90. The molecule has 126 valence electrons. The maximum atomic E-state index is 14.6. The maximum absolute atomic E-state index is 14.6. The molecule has 1 unspecified atom stereocenters. The van der Waals surface area contributed by atoms with Crippen LogP contribution in [0, 0.1) is 0 Å². The van der Waals surface area contributed by atoms with E-state index in [1.54, 1.807) is 6.20 Å². The SMILES string of the molecule is [O-][P+]1(c2cccc3cccnc23)N(c2ccccc2)C[C@@H]2CCCN21. The molecule has 0 saturated carbocycles. The average Bonchev–Trinajstić information content (AvgIpc) is 3.24. The Hall–Kier alpha value is -2.00. The van der Waals surface area contributed by atoms with Gasteiger partial charge in [0.15, 0.2) is 13.1 Å². The van der Waals surface area contributed by atoms with Crippen LogP contribution in [0.25, 0.3) is 10.9 Å². The lowest BCUT2D eigenvalue weighted by Gasteiger charge is -2.39. The monoisotopic (exact) mass is 349 g/mol. The molecular weight excluding hydrogens is 329 g/mol. The van der Waals surface area contributed by atoms with E-state index in [0.29, 0.717) is 6.04 Å². The van der Waals surface area contributed by atoms with Gasteiger partial charge in [0, 0.05) is 18.1 Å². The second kappa shape index (κ2) is 5.77. The number of pyridine rings is 1. The molecule has 2 aromatic carbocycles. The van der Waals surface area contributed by atoms with Gasteiger partial charge in [0.2, 0.25) is 0 Å². The Morgan fingerprint density at radius 1 is 1.00 bits per heavy atom. The molecule has 2 aliphatic heterocycles. The van der Waals surface area contributed by atoms with Crippen LogP contribution >= 0.6 is 7.79 Å². The average molecular weight is 349 g/mol. The van der Waals surface area contributed by atoms with E-state index >= 15 is 0 Å². The summed E-state index contributed by atoms with van der Waals surface area (Å²) in [5.41, 5.74) is 1.90. The molecule has 0 amide bonds. The molecular formula is C20H20N3OP. The van der Waals surface area contributed by atoms with Crippen molar-refractivity contribution >= 4 is 29.7 Å². The summed E-state index contributed by atoms with van der Waals surface area (Å²) in [4.78, 5) is 19.2. The number of nitrogens with zero attached hydrogens (tertiary/aromatic N) is 3. The van der Waals surface area contributed by atoms with Crippen molar-refractivity contribution < 1.29 is 4.89 Å². The van der Waals surface area contributed by atoms with Gasteiger partial charge in [-0.05, 0) is 37.1 Å². The van der Waals surface area contributed by atoms with Gasteiger partial charge in [-0.15, -0.1) is 0 Å². The summed E-state index contributed by atoms with van der Waals surface area (Å²) < 4.78 is 4.39. The van der Waals surface area contributed by atoms with Crippen LogP contribution in [0.4, 0.5) is 5.69 Å². The van der Waals surface area contributed by atoms with E-state index < -0.39 is 7.79 Å². The van der Waals surface area contributed by atoms with E-state index in [4.69, 9.17) is 0 Å². The van der Waals surface area contributed by atoms with Crippen LogP contribution in [-0.4, -0.2) is 28.8 Å². The van der Waals surface area contributed by atoms with E-state index in [1.807, 2.05) is 48.5 Å². The minimum atomic E-state index is -2.90. The first-order chi connectivity index (χ1) is 12.3. The zero-order valence-electron chi connectivity index (χ0n) is 14.0. The minimum absolute atomic E-state index is 0.366. The van der Waals surface area contributed by atoms with E-state index in [2.05, 4.69) is 26.5 Å². The second-order valence-electron chi connectivity index (χ2n) is 6.77. The highest BCUT2D eigenvalue weighted by Gasteiger charge is 2.56. The first-order valence-corrected chi connectivity index (χ1v) is 10.4. The number of hydrogen-bond acceptors (Lipinski definition) is 4. The maximum Gasteiger partial charge on any atom is 0.166 e. The molecule has 3 aromatic rings. The van der Waals surface area contributed by atoms with Gasteiger partial charge in [-0.25, -0.2) is 4.67 Å². The van der Waals surface area contributed by atoms with Crippen molar-refractivity contribution in [3.05, 3.63) is 66.9 Å². The molecule has 0 bridgehead atoms. The lowest BCUT2D eigenvalue weighted by Crippen LogP contribution is -2.41. The van der Waals surface area contributed by atoms with Crippen molar-refractivity contribution in [2.45, 2.75) is 18.9 Å². The predicted molar refractivity (Wildman–Crippen MR) is 102 cm³/mol. The Kier molecular flexibility index (Phi) is 3.53. The Balaban J connectivity index is 1.74. The standard InChI is InChI=1S/C20H20N3OP/c24-25(19-12-4-7-16-8-5-13-21-20(16)19)22-14-6-11-18(22)15-23(25)17-9-2-1-3-10-17/h1-5,7-10,12-13,18H,6,11,14-15H2/t18-,25?/m0/s1. The fourth-order valence-corrected chi connectivity index (χ4v) is 7.72. The van der Waals surface area contributed by atoms with Gasteiger partial charge >= 0.3 is 0 Å². The van der Waals surface area contributed by atoms with Crippen LogP contribution in [-0.2, 0) is 0 Å². The molecule has 2 saturated heterocycles. The third-order valence-corrected chi connectivity index (χ3v) is 8.64. The van der Waals surface area contributed by atoms with Gasteiger partial charge in [-0.3, -0.25) is 4.98 Å². The Labute approximate surface area is 148 Å². The van der Waals surface area contributed by atoms with Crippen LogP contribution in [0.3, 0.4) is 0 Å². The summed E-state index contributed by atoms with van der Waals surface area (Å²) in [6.45, 7) is 1.72. The van der Waals surface area contributed by atoms with Crippen LogP contribution in [0.5, 0.6) is 0 Å². The highest BCUT2D eigenvalue weighted by Crippen LogP contribution is 2.65. The van der Waals surface area contributed by atoms with Gasteiger partial charge in [-0.1, -0.05) is 36.4 Å². The van der Waals surface area contributed by atoms with Gasteiger partial charge in [0.25, 0.3) is 0 Å². The Bertz CT molecular complexity index is 914. The zero-order chi connectivity index (χ0) is 16.9. The molecule has 3 heterocycles. The fourth-order valence-electron chi connectivity index (χ4n) is 4.27. The van der Waals surface area contributed by atoms with E-state index in [-0.39, 0.29) is 0 Å². The third kappa shape index (κ3) is 2.22. The lowest BCUT2D eigenvalue weighted by molar-refractivity contribution is -0.176. The number of benzene rings is 2. The molecule has 0 aliphatic carbocycles. The summed E-state index contributed by atoms with van der Waals surface area (Å²) in [5, 5.41) is 1.92. The van der Waals surface area contributed by atoms with Crippen molar-refractivity contribution in [1.82, 2.24) is 9.65 Å². The number of fused-ring (bicyclic) bond motifs is 2. The van der Waals surface area contributed by atoms with Crippen molar-refractivity contribution in [3.8, 4) is 0 Å². The molecule has 2 fully saturated rings. The molecule has 0 spiro atoms. The molecule has 4 nitrogen and oxygen atoms in total. The van der Waals surface area contributed by atoms with E-state index in [9.17, 15) is 4.89 Å². The number of hydrogen-bond donors (Lipinski definition) is 0. The molecule has 0 N–H and O–H groups in total. The van der Waals surface area contributed by atoms with Crippen LogP contribution in [0.1, 0.15) is 12.8 Å². The summed E-state index contributed by atoms with van der Waals surface area (Å²) >= 11 is 0. The van der Waals surface area contributed by atoms with Crippen molar-refractivity contribution in [2.75, 3.05) is 17.8 Å². The number of para-hydroxylation sites is 2. The van der Waals surface area contributed by atoms with Crippen molar-refractivity contribution in [1.29, 1.82) is 0 Å². The summed E-state index contributed by atoms with van der Waals surface area (Å²) in [6, 6.07) is 20.6. The molecule has 2 atom stereocenters. The molecule has 0 radical (unpaired) electrons. The van der Waals surface area contributed by atoms with Crippen LogP contribution in [0.2, 0.25) is 0 Å². The predicted octanol–water partition coefficient (Wildman–Crippen LogP) is 2.97. The largest absolute Gasteiger partial charge is 0.642 e. The molecule has 25 heavy (non-hydrogen) atoms. The van der Waals surface area contributed by atoms with Crippen LogP contribution < -0.4 is 14.9 Å². The molecule has 5 rings (SSSR count). The smallest absolute Gasteiger partial charge is 0.166 e. The Morgan fingerprint density at radius 2 is 1.84 bits per heavy atom. The van der Waals surface area contributed by atoms with Gasteiger partial charge in [0.1, 0.15) is 5.52 Å². The molecule has 1 aromatic heterocycles. The highest BCUT2D eigenvalue weighted by atomic mass is 31.2. The van der Waals surface area contributed by atoms with Crippen molar-refractivity contribution in [2.24, 2.45) is 0 Å². The quantitative estimate of drug-likeness (QED) is 0.667. The molecule has 2 aliphatic rings. The van der Waals surface area contributed by atoms with Gasteiger partial charge < -0.3 is 4.89 Å². The van der Waals surface area contributed by atoms with E-state index in [1.165, 1.54) is 0 Å². The normalized spacial score (nSPS) is 26.3. The highest BCUT2D eigenvalue weighted by molar-refractivity contribution is 7.76. The minimum Gasteiger partial charge on any atom is -0.642 e. The summed E-state index contributed by atoms with van der Waals surface area (Å²) in [6.07, 6.45) is 4.03. The Morgan fingerprint density at radius 3 is 2.72 bits per heavy atom. The fraction of sp³-hybridized carbons (Fsp3) is 0.250. The van der Waals surface area contributed by atoms with Gasteiger partial charge in [-0.2, -0.15) is 4.67 Å². The lowest BCUT2D eigenvalue weighted by atomic mass is 10.2. The summed E-state index contributed by atoms with van der Waals surface area (Å²) in [5.74, 6) is 0. The number of anilines is 1. The van der Waals surface area contributed by atoms with Gasteiger partial charge in [0.05, 0.1) is 18.3 Å². The second-order valence-corrected chi connectivity index (χ2v) is 9.34. The first kappa shape index (κ1) is 15.3. The van der Waals surface area contributed by atoms with E-state index in [0.717, 1.165) is 47.8 Å². The third-order valence-electron chi connectivity index (χ3n) is 5.38. The zero-order valence-corrected chi connectivity index (χ0v) is 14.8. The number of rotatable bonds is 2. The first-order valence-electron chi connectivity index (χ1n) is 8.83.